The van der Waals surface area contributed by atoms with E-state index in [4.69, 9.17) is 4.42 Å². The Labute approximate surface area is 151 Å². The van der Waals surface area contributed by atoms with Gasteiger partial charge in [0.2, 0.25) is 11.6 Å². The number of carbonyl (C=O) groups excluding carboxylic acids is 1. The van der Waals surface area contributed by atoms with Crippen LogP contribution in [0.25, 0.3) is 22.2 Å². The Hall–Kier alpha value is -3.15. The molecule has 6 nitrogen and oxygen atoms in total. The zero-order valence-electron chi connectivity index (χ0n) is 15.1. The Morgan fingerprint density at radius 1 is 1.19 bits per heavy atom. The number of aromatic nitrogens is 1. The van der Waals surface area contributed by atoms with Crippen LogP contribution >= 0.6 is 0 Å². The van der Waals surface area contributed by atoms with Crippen molar-refractivity contribution in [2.24, 2.45) is 0 Å². The number of carbonyl (C=O) groups is 1. The third-order valence-electron chi connectivity index (χ3n) is 4.37. The van der Waals surface area contributed by atoms with Crippen LogP contribution in [-0.2, 0) is 4.79 Å². The molecule has 0 aliphatic carbocycles. The van der Waals surface area contributed by atoms with Gasteiger partial charge in [0.25, 0.3) is 0 Å². The molecule has 0 aliphatic heterocycles. The van der Waals surface area contributed by atoms with Gasteiger partial charge in [0, 0.05) is 44.1 Å². The Kier molecular flexibility index (Phi) is 5.02. The molecule has 0 unspecified atom stereocenters. The summed E-state index contributed by atoms with van der Waals surface area (Å²) < 4.78 is 5.33. The van der Waals surface area contributed by atoms with Gasteiger partial charge in [-0.3, -0.25) is 4.79 Å². The summed E-state index contributed by atoms with van der Waals surface area (Å²) in [7, 11) is 3.46. The van der Waals surface area contributed by atoms with Crippen molar-refractivity contribution in [1.29, 1.82) is 0 Å². The Morgan fingerprint density at radius 2 is 1.96 bits per heavy atom. The zero-order chi connectivity index (χ0) is 18.7. The standard InChI is InChI=1S/C20H21N3O3/c1-13-6-4-5-7-14(13)16-12-19(25)26-20-15(16)8-9-17(22-20)23(3)11-10-18(24)21-2/h4-9,12H,10-11H2,1-3H3,(H,21,24). The van der Waals surface area contributed by atoms with E-state index in [9.17, 15) is 9.59 Å². The van der Waals surface area contributed by atoms with E-state index in [1.807, 2.05) is 55.3 Å². The predicted molar refractivity (Wildman–Crippen MR) is 102 cm³/mol. The molecule has 0 aliphatic rings. The van der Waals surface area contributed by atoms with E-state index in [0.717, 1.165) is 22.1 Å². The minimum Gasteiger partial charge on any atom is -0.404 e. The van der Waals surface area contributed by atoms with E-state index < -0.39 is 5.63 Å². The lowest BCUT2D eigenvalue weighted by molar-refractivity contribution is -0.120. The van der Waals surface area contributed by atoms with Crippen LogP contribution in [0.15, 0.2) is 51.7 Å². The summed E-state index contributed by atoms with van der Waals surface area (Å²) in [5.74, 6) is 0.609. The fourth-order valence-corrected chi connectivity index (χ4v) is 2.85. The van der Waals surface area contributed by atoms with E-state index in [1.54, 1.807) is 7.05 Å². The second kappa shape index (κ2) is 7.39. The van der Waals surface area contributed by atoms with E-state index in [0.29, 0.717) is 24.5 Å². The van der Waals surface area contributed by atoms with Gasteiger partial charge in [-0.05, 0) is 30.2 Å². The molecule has 1 aromatic carbocycles. The minimum absolute atomic E-state index is 0.0361. The molecule has 2 heterocycles. The Bertz CT molecular complexity index is 1010. The first kappa shape index (κ1) is 17.7. The first-order valence-electron chi connectivity index (χ1n) is 8.42. The molecule has 26 heavy (non-hydrogen) atoms. The number of rotatable bonds is 5. The molecule has 2 aromatic heterocycles. The summed E-state index contributed by atoms with van der Waals surface area (Å²) in [5.41, 5.74) is 2.72. The lowest BCUT2D eigenvalue weighted by atomic mass is 9.99. The molecule has 0 saturated carbocycles. The third kappa shape index (κ3) is 3.59. The quantitative estimate of drug-likeness (QED) is 0.765. The molecular weight excluding hydrogens is 330 g/mol. The number of nitrogens with one attached hydrogen (secondary N) is 1. The van der Waals surface area contributed by atoms with Crippen molar-refractivity contribution < 1.29 is 9.21 Å². The topological polar surface area (TPSA) is 75.4 Å². The molecule has 6 heteroatoms. The summed E-state index contributed by atoms with van der Waals surface area (Å²) in [6.07, 6.45) is 0.361. The van der Waals surface area contributed by atoms with Crippen LogP contribution in [0.4, 0.5) is 5.82 Å². The average Bonchev–Trinajstić information content (AvgIpc) is 2.65. The molecule has 1 amide bonds. The van der Waals surface area contributed by atoms with Gasteiger partial charge in [-0.25, -0.2) is 4.79 Å². The van der Waals surface area contributed by atoms with Crippen molar-refractivity contribution >= 4 is 22.8 Å². The predicted octanol–water partition coefficient (Wildman–Crippen LogP) is 2.74. The highest BCUT2D eigenvalue weighted by atomic mass is 16.4. The van der Waals surface area contributed by atoms with E-state index in [1.165, 1.54) is 6.07 Å². The van der Waals surface area contributed by atoms with Crippen LogP contribution in [0.1, 0.15) is 12.0 Å². The van der Waals surface area contributed by atoms with E-state index in [-0.39, 0.29) is 5.91 Å². The molecule has 0 radical (unpaired) electrons. The highest BCUT2D eigenvalue weighted by molar-refractivity contribution is 5.93. The van der Waals surface area contributed by atoms with Crippen LogP contribution < -0.4 is 15.8 Å². The van der Waals surface area contributed by atoms with E-state index in [2.05, 4.69) is 10.3 Å². The minimum atomic E-state index is -0.437. The summed E-state index contributed by atoms with van der Waals surface area (Å²) in [5, 5.41) is 3.37. The van der Waals surface area contributed by atoms with Gasteiger partial charge in [0.05, 0.1) is 0 Å². The van der Waals surface area contributed by atoms with Crippen molar-refractivity contribution in [3.63, 3.8) is 0 Å². The number of benzene rings is 1. The maximum absolute atomic E-state index is 12.1. The van der Waals surface area contributed by atoms with Gasteiger partial charge in [0.1, 0.15) is 5.82 Å². The SMILES string of the molecule is CNC(=O)CCN(C)c1ccc2c(-c3ccccc3C)cc(=O)oc2n1. The molecular formula is C20H21N3O3. The molecule has 1 N–H and O–H groups in total. The number of pyridine rings is 1. The third-order valence-corrected chi connectivity index (χ3v) is 4.37. The zero-order valence-corrected chi connectivity index (χ0v) is 15.1. The van der Waals surface area contributed by atoms with E-state index >= 15 is 0 Å². The van der Waals surface area contributed by atoms with Crippen LogP contribution in [0.2, 0.25) is 0 Å². The van der Waals surface area contributed by atoms with Crippen LogP contribution in [-0.4, -0.2) is 31.5 Å². The number of nitrogens with zero attached hydrogens (tertiary/aromatic N) is 2. The lowest BCUT2D eigenvalue weighted by Crippen LogP contribution is -2.26. The van der Waals surface area contributed by atoms with Crippen molar-refractivity contribution in [1.82, 2.24) is 10.3 Å². The number of anilines is 1. The second-order valence-corrected chi connectivity index (χ2v) is 6.16. The number of amides is 1. The molecule has 3 rings (SSSR count). The molecule has 3 aromatic rings. The number of hydrogen-bond acceptors (Lipinski definition) is 5. The first-order valence-corrected chi connectivity index (χ1v) is 8.42. The molecule has 0 fully saturated rings. The fourth-order valence-electron chi connectivity index (χ4n) is 2.85. The van der Waals surface area contributed by atoms with Gasteiger partial charge < -0.3 is 14.6 Å². The van der Waals surface area contributed by atoms with Crippen molar-refractivity contribution in [2.75, 3.05) is 25.5 Å². The summed E-state index contributed by atoms with van der Waals surface area (Å²) in [6, 6.07) is 13.2. The maximum atomic E-state index is 12.1. The largest absolute Gasteiger partial charge is 0.404 e. The summed E-state index contributed by atoms with van der Waals surface area (Å²) >= 11 is 0. The molecule has 134 valence electrons. The van der Waals surface area contributed by atoms with Crippen molar-refractivity contribution in [3.8, 4) is 11.1 Å². The molecule has 0 atom stereocenters. The highest BCUT2D eigenvalue weighted by Crippen LogP contribution is 2.29. The molecule has 0 bridgehead atoms. The van der Waals surface area contributed by atoms with Gasteiger partial charge in [-0.15, -0.1) is 0 Å². The number of hydrogen-bond donors (Lipinski definition) is 1. The van der Waals surface area contributed by atoms with Crippen molar-refractivity contribution in [3.05, 3.63) is 58.4 Å². The maximum Gasteiger partial charge on any atom is 0.338 e. The smallest absolute Gasteiger partial charge is 0.338 e. The van der Waals surface area contributed by atoms with Gasteiger partial charge >= 0.3 is 5.63 Å². The highest BCUT2D eigenvalue weighted by Gasteiger charge is 2.13. The van der Waals surface area contributed by atoms with Crippen LogP contribution in [0.5, 0.6) is 0 Å². The monoisotopic (exact) mass is 351 g/mol. The normalized spacial score (nSPS) is 10.7. The van der Waals surface area contributed by atoms with Gasteiger partial charge in [0.15, 0.2) is 0 Å². The molecule has 0 spiro atoms. The number of aryl methyl sites for hydroxylation is 1. The summed E-state index contributed by atoms with van der Waals surface area (Å²) in [4.78, 5) is 29.8. The Balaban J connectivity index is 2.02. The first-order chi connectivity index (χ1) is 12.5. The number of fused-ring (bicyclic) bond motifs is 1. The van der Waals surface area contributed by atoms with Gasteiger partial charge in [-0.1, -0.05) is 24.3 Å². The van der Waals surface area contributed by atoms with Crippen molar-refractivity contribution in [2.45, 2.75) is 13.3 Å². The Morgan fingerprint density at radius 3 is 2.69 bits per heavy atom. The fraction of sp³-hybridized carbons (Fsp3) is 0.250. The van der Waals surface area contributed by atoms with Crippen LogP contribution in [0.3, 0.4) is 0 Å². The van der Waals surface area contributed by atoms with Crippen LogP contribution in [0, 0.1) is 6.92 Å². The summed E-state index contributed by atoms with van der Waals surface area (Å²) in [6.45, 7) is 2.52. The van der Waals surface area contributed by atoms with Gasteiger partial charge in [-0.2, -0.15) is 4.98 Å². The molecule has 0 saturated heterocycles. The second-order valence-electron chi connectivity index (χ2n) is 6.16. The average molecular weight is 351 g/mol. The lowest BCUT2D eigenvalue weighted by Gasteiger charge is -2.18.